The summed E-state index contributed by atoms with van der Waals surface area (Å²) in [6.07, 6.45) is -5.27. The van der Waals surface area contributed by atoms with Gasteiger partial charge in [0, 0.05) is 0 Å². The van der Waals surface area contributed by atoms with E-state index in [9.17, 15) is 18.0 Å². The highest BCUT2D eigenvalue weighted by Crippen LogP contribution is 2.32. The maximum absolute atomic E-state index is 12.7. The Kier molecular flexibility index (Phi) is 4.86. The van der Waals surface area contributed by atoms with E-state index in [1.807, 2.05) is 5.32 Å². The maximum Gasteiger partial charge on any atom is 0.411 e. The van der Waals surface area contributed by atoms with Crippen LogP contribution in [0.3, 0.4) is 0 Å². The Bertz CT molecular complexity index is 276. The Morgan fingerprint density at radius 1 is 1.12 bits per heavy atom. The van der Waals surface area contributed by atoms with Crippen LogP contribution in [0.5, 0.6) is 0 Å². The molecular weight excluding hydrogens is 235 g/mol. The molecule has 6 heteroatoms. The van der Waals surface area contributed by atoms with E-state index in [1.54, 1.807) is 20.8 Å². The lowest BCUT2D eigenvalue weighted by molar-refractivity contribution is -0.190. The standard InChI is InChI=1S/C11H20F3NO2/c1-6-9(3,4)17-8(16)15-10(5,7-2)11(12,13)14/h6-7H2,1-5H3,(H,15,16). The predicted octanol–water partition coefficient (Wildman–Crippen LogP) is 3.63. The summed E-state index contributed by atoms with van der Waals surface area (Å²) >= 11 is 0. The highest BCUT2D eigenvalue weighted by molar-refractivity contribution is 5.68. The summed E-state index contributed by atoms with van der Waals surface area (Å²) in [4.78, 5) is 11.4. The van der Waals surface area contributed by atoms with Crippen LogP contribution in [-0.2, 0) is 4.74 Å². The van der Waals surface area contributed by atoms with Crippen molar-refractivity contribution in [3.8, 4) is 0 Å². The summed E-state index contributed by atoms with van der Waals surface area (Å²) < 4.78 is 43.1. The van der Waals surface area contributed by atoms with Crippen molar-refractivity contribution in [2.75, 3.05) is 0 Å². The van der Waals surface area contributed by atoms with E-state index in [2.05, 4.69) is 0 Å². The van der Waals surface area contributed by atoms with Gasteiger partial charge in [-0.15, -0.1) is 0 Å². The molecule has 0 aliphatic heterocycles. The number of nitrogens with one attached hydrogen (secondary N) is 1. The van der Waals surface area contributed by atoms with Gasteiger partial charge >= 0.3 is 12.3 Å². The maximum atomic E-state index is 12.7. The molecule has 0 saturated carbocycles. The van der Waals surface area contributed by atoms with Crippen molar-refractivity contribution in [2.45, 2.75) is 64.8 Å². The fraction of sp³-hybridized carbons (Fsp3) is 0.909. The number of amides is 1. The molecule has 0 aliphatic carbocycles. The van der Waals surface area contributed by atoms with Crippen molar-refractivity contribution in [2.24, 2.45) is 0 Å². The minimum absolute atomic E-state index is 0.252. The molecule has 102 valence electrons. The molecule has 1 amide bonds. The molecular formula is C11H20F3NO2. The van der Waals surface area contributed by atoms with E-state index in [4.69, 9.17) is 4.74 Å². The molecule has 0 aromatic heterocycles. The van der Waals surface area contributed by atoms with Gasteiger partial charge in [0.15, 0.2) is 0 Å². The third-order valence-electron chi connectivity index (χ3n) is 2.93. The monoisotopic (exact) mass is 255 g/mol. The molecule has 0 rings (SSSR count). The number of hydrogen-bond donors (Lipinski definition) is 1. The van der Waals surface area contributed by atoms with E-state index in [0.29, 0.717) is 6.42 Å². The number of alkyl halides is 3. The molecule has 0 aromatic carbocycles. The Morgan fingerprint density at radius 3 is 1.88 bits per heavy atom. The SMILES string of the molecule is CCC(C)(C)OC(=O)NC(C)(CC)C(F)(F)F. The van der Waals surface area contributed by atoms with Crippen LogP contribution in [0.15, 0.2) is 0 Å². The number of carbonyl (C=O) groups is 1. The average Bonchev–Trinajstić information content (AvgIpc) is 2.14. The molecule has 0 radical (unpaired) electrons. The molecule has 0 spiro atoms. The number of carbonyl (C=O) groups excluding carboxylic acids is 1. The summed E-state index contributed by atoms with van der Waals surface area (Å²) in [5.41, 5.74) is -3.03. The first-order valence-corrected chi connectivity index (χ1v) is 5.55. The first kappa shape index (κ1) is 16.1. The molecule has 0 saturated heterocycles. The van der Waals surface area contributed by atoms with Crippen LogP contribution in [0.2, 0.25) is 0 Å². The molecule has 1 N–H and O–H groups in total. The number of rotatable bonds is 4. The molecule has 0 bridgehead atoms. The Labute approximate surface area is 99.7 Å². The number of hydrogen-bond acceptors (Lipinski definition) is 2. The second-order valence-electron chi connectivity index (χ2n) is 4.81. The molecule has 17 heavy (non-hydrogen) atoms. The summed E-state index contributed by atoms with van der Waals surface area (Å²) in [5, 5.41) is 1.89. The summed E-state index contributed by atoms with van der Waals surface area (Å²) in [5.74, 6) is 0. The van der Waals surface area contributed by atoms with Gasteiger partial charge in [-0.05, 0) is 33.6 Å². The van der Waals surface area contributed by atoms with Crippen molar-refractivity contribution in [1.29, 1.82) is 0 Å². The van der Waals surface area contributed by atoms with Crippen molar-refractivity contribution in [3.05, 3.63) is 0 Å². The van der Waals surface area contributed by atoms with Crippen molar-refractivity contribution in [3.63, 3.8) is 0 Å². The van der Waals surface area contributed by atoms with Crippen molar-refractivity contribution < 1.29 is 22.7 Å². The first-order valence-electron chi connectivity index (χ1n) is 5.55. The van der Waals surface area contributed by atoms with E-state index in [0.717, 1.165) is 6.92 Å². The van der Waals surface area contributed by atoms with E-state index in [-0.39, 0.29) is 6.42 Å². The second kappa shape index (κ2) is 5.14. The average molecular weight is 255 g/mol. The third kappa shape index (κ3) is 4.44. The Hall–Kier alpha value is -0.940. The third-order valence-corrected chi connectivity index (χ3v) is 2.93. The van der Waals surface area contributed by atoms with Crippen molar-refractivity contribution in [1.82, 2.24) is 5.32 Å². The van der Waals surface area contributed by atoms with Crippen LogP contribution >= 0.6 is 0 Å². The fourth-order valence-corrected chi connectivity index (χ4v) is 0.934. The lowest BCUT2D eigenvalue weighted by Crippen LogP contribution is -2.57. The quantitative estimate of drug-likeness (QED) is 0.833. The van der Waals surface area contributed by atoms with Gasteiger partial charge in [-0.3, -0.25) is 0 Å². The van der Waals surface area contributed by atoms with Gasteiger partial charge in [-0.2, -0.15) is 13.2 Å². The van der Waals surface area contributed by atoms with Gasteiger partial charge < -0.3 is 10.1 Å². The highest BCUT2D eigenvalue weighted by atomic mass is 19.4. The van der Waals surface area contributed by atoms with Crippen LogP contribution in [0.1, 0.15) is 47.5 Å². The van der Waals surface area contributed by atoms with E-state index >= 15 is 0 Å². The minimum Gasteiger partial charge on any atom is -0.444 e. The largest absolute Gasteiger partial charge is 0.444 e. The van der Waals surface area contributed by atoms with Crippen LogP contribution in [0.4, 0.5) is 18.0 Å². The molecule has 3 nitrogen and oxygen atoms in total. The van der Waals surface area contributed by atoms with Gasteiger partial charge in [0.1, 0.15) is 11.1 Å². The molecule has 0 heterocycles. The Balaban J connectivity index is 4.67. The topological polar surface area (TPSA) is 38.3 Å². The van der Waals surface area contributed by atoms with Gasteiger partial charge in [-0.1, -0.05) is 13.8 Å². The fourth-order valence-electron chi connectivity index (χ4n) is 0.934. The van der Waals surface area contributed by atoms with Gasteiger partial charge in [0.05, 0.1) is 0 Å². The number of halogens is 3. The lowest BCUT2D eigenvalue weighted by atomic mass is 9.98. The first-order chi connectivity index (χ1) is 7.47. The molecule has 0 aliphatic rings. The summed E-state index contributed by atoms with van der Waals surface area (Å²) in [6.45, 7) is 7.37. The molecule has 1 atom stereocenters. The van der Waals surface area contributed by atoms with Gasteiger partial charge in [0.25, 0.3) is 0 Å². The summed E-state index contributed by atoms with van der Waals surface area (Å²) in [6, 6.07) is 0. The minimum atomic E-state index is -4.50. The zero-order valence-electron chi connectivity index (χ0n) is 10.9. The second-order valence-corrected chi connectivity index (χ2v) is 4.81. The molecule has 1 unspecified atom stereocenters. The van der Waals surface area contributed by atoms with Crippen LogP contribution in [-0.4, -0.2) is 23.4 Å². The van der Waals surface area contributed by atoms with E-state index in [1.165, 1.54) is 6.92 Å². The normalized spacial score (nSPS) is 16.2. The highest BCUT2D eigenvalue weighted by Gasteiger charge is 2.51. The zero-order chi connectivity index (χ0) is 13.9. The van der Waals surface area contributed by atoms with Crippen LogP contribution in [0, 0.1) is 0 Å². The predicted molar refractivity (Wildman–Crippen MR) is 58.7 cm³/mol. The zero-order valence-corrected chi connectivity index (χ0v) is 10.9. The molecule has 0 aromatic rings. The Morgan fingerprint density at radius 2 is 1.59 bits per heavy atom. The van der Waals surface area contributed by atoms with E-state index < -0.39 is 23.4 Å². The number of ether oxygens (including phenoxy) is 1. The van der Waals surface area contributed by atoms with Gasteiger partial charge in [-0.25, -0.2) is 4.79 Å². The smallest absolute Gasteiger partial charge is 0.411 e. The number of alkyl carbamates (subject to hydrolysis) is 1. The van der Waals surface area contributed by atoms with Gasteiger partial charge in [0.2, 0.25) is 0 Å². The van der Waals surface area contributed by atoms with Crippen LogP contribution in [0.25, 0.3) is 0 Å². The van der Waals surface area contributed by atoms with Crippen LogP contribution < -0.4 is 5.32 Å². The molecule has 0 fully saturated rings. The lowest BCUT2D eigenvalue weighted by Gasteiger charge is -2.33. The van der Waals surface area contributed by atoms with Crippen molar-refractivity contribution >= 4 is 6.09 Å². The summed E-state index contributed by atoms with van der Waals surface area (Å²) in [7, 11) is 0.